The summed E-state index contributed by atoms with van der Waals surface area (Å²) in [6, 6.07) is 9.31. The van der Waals surface area contributed by atoms with Crippen LogP contribution in [0.5, 0.6) is 0 Å². The Hall–Kier alpha value is -3.29. The van der Waals surface area contributed by atoms with Gasteiger partial charge in [0.05, 0.1) is 5.54 Å². The summed E-state index contributed by atoms with van der Waals surface area (Å²) in [5, 5.41) is 1.68. The molecule has 0 aliphatic carbocycles. The van der Waals surface area contributed by atoms with Gasteiger partial charge in [0.15, 0.2) is 24.5 Å². The molecular formula is C26H34N2O10S. The van der Waals surface area contributed by atoms with Crippen LogP contribution in [-0.4, -0.2) is 81.8 Å². The summed E-state index contributed by atoms with van der Waals surface area (Å²) >= 11 is 5.64. The van der Waals surface area contributed by atoms with Gasteiger partial charge >= 0.3 is 23.9 Å². The Morgan fingerprint density at radius 1 is 0.846 bits per heavy atom. The maximum atomic E-state index is 12.3. The van der Waals surface area contributed by atoms with Crippen LogP contribution in [0.2, 0.25) is 0 Å². The molecule has 2 aliphatic rings. The highest BCUT2D eigenvalue weighted by Crippen LogP contribution is 2.42. The van der Waals surface area contributed by atoms with Crippen LogP contribution in [-0.2, 0) is 47.7 Å². The van der Waals surface area contributed by atoms with Crippen molar-refractivity contribution in [3.63, 3.8) is 0 Å². The fraction of sp³-hybridized carbons (Fsp3) is 0.577. The SMILES string of the molecule is CC(=O)OC[C@H]1O[C@@H](N2C(=S)ON(C(C)(C)C)C2c2ccccc2)[C@H](OC(C)=O)[C@@H](OC(C)=O)[C@@H]1OC(C)=O. The van der Waals surface area contributed by atoms with Crippen molar-refractivity contribution in [2.45, 2.75) is 90.8 Å². The Balaban J connectivity index is 2.18. The molecule has 3 rings (SSSR count). The molecule has 2 saturated heterocycles. The number of ether oxygens (including phenoxy) is 5. The Morgan fingerprint density at radius 2 is 1.38 bits per heavy atom. The molecule has 2 aliphatic heterocycles. The van der Waals surface area contributed by atoms with Crippen LogP contribution in [0.15, 0.2) is 30.3 Å². The van der Waals surface area contributed by atoms with Gasteiger partial charge in [0.25, 0.3) is 5.17 Å². The van der Waals surface area contributed by atoms with E-state index in [1.165, 1.54) is 20.8 Å². The first-order chi connectivity index (χ1) is 18.2. The monoisotopic (exact) mass is 566 g/mol. The summed E-state index contributed by atoms with van der Waals surface area (Å²) in [5.74, 6) is -2.75. The molecule has 2 fully saturated rings. The first kappa shape index (κ1) is 30.3. The molecule has 0 bridgehead atoms. The van der Waals surface area contributed by atoms with Crippen molar-refractivity contribution >= 4 is 41.3 Å². The number of esters is 4. The zero-order valence-electron chi connectivity index (χ0n) is 22.9. The fourth-order valence-corrected chi connectivity index (χ4v) is 4.78. The minimum atomic E-state index is -1.34. The number of benzene rings is 1. The third kappa shape index (κ3) is 7.22. The molecule has 12 nitrogen and oxygen atoms in total. The number of hydroxylamine groups is 2. The fourth-order valence-electron chi connectivity index (χ4n) is 4.49. The first-order valence-electron chi connectivity index (χ1n) is 12.4. The lowest BCUT2D eigenvalue weighted by Gasteiger charge is -2.48. The van der Waals surface area contributed by atoms with Crippen molar-refractivity contribution in [3.8, 4) is 0 Å². The molecule has 6 atom stereocenters. The summed E-state index contributed by atoms with van der Waals surface area (Å²) in [6.45, 7) is 10.2. The highest BCUT2D eigenvalue weighted by molar-refractivity contribution is 7.80. The normalized spacial score (nSPS) is 27.4. The van der Waals surface area contributed by atoms with E-state index in [4.69, 9.17) is 40.7 Å². The maximum Gasteiger partial charge on any atom is 0.303 e. The van der Waals surface area contributed by atoms with Gasteiger partial charge in [-0.3, -0.25) is 24.1 Å². The molecule has 1 aromatic carbocycles. The van der Waals surface area contributed by atoms with E-state index < -0.39 is 66.2 Å². The summed E-state index contributed by atoms with van der Waals surface area (Å²) in [6.07, 6.45) is -6.94. The third-order valence-electron chi connectivity index (χ3n) is 5.87. The maximum absolute atomic E-state index is 12.3. The largest absolute Gasteiger partial charge is 0.463 e. The minimum absolute atomic E-state index is 0.000298. The molecule has 0 amide bonds. The third-order valence-corrected chi connectivity index (χ3v) is 6.16. The van der Waals surface area contributed by atoms with E-state index in [9.17, 15) is 19.2 Å². The van der Waals surface area contributed by atoms with E-state index in [-0.39, 0.29) is 11.8 Å². The summed E-state index contributed by atoms with van der Waals surface area (Å²) < 4.78 is 28.2. The number of rotatable bonds is 7. The molecule has 13 heteroatoms. The quantitative estimate of drug-likeness (QED) is 0.272. The number of hydrogen-bond donors (Lipinski definition) is 0. The molecule has 214 valence electrons. The second-order valence-corrected chi connectivity index (χ2v) is 10.5. The lowest BCUT2D eigenvalue weighted by atomic mass is 9.95. The summed E-state index contributed by atoms with van der Waals surface area (Å²) in [7, 11) is 0. The second kappa shape index (κ2) is 12.3. The van der Waals surface area contributed by atoms with E-state index in [0.717, 1.165) is 12.5 Å². The van der Waals surface area contributed by atoms with E-state index in [2.05, 4.69) is 0 Å². The predicted octanol–water partition coefficient (Wildman–Crippen LogP) is 2.40. The molecule has 0 saturated carbocycles. The highest BCUT2D eigenvalue weighted by atomic mass is 32.1. The van der Waals surface area contributed by atoms with E-state index in [1.54, 1.807) is 9.96 Å². The average molecular weight is 567 g/mol. The molecule has 1 aromatic rings. The van der Waals surface area contributed by atoms with Gasteiger partial charge in [-0.2, -0.15) is 0 Å². The zero-order valence-corrected chi connectivity index (χ0v) is 23.8. The molecule has 1 unspecified atom stereocenters. The van der Waals surface area contributed by atoms with Gasteiger partial charge in [0.1, 0.15) is 18.9 Å². The van der Waals surface area contributed by atoms with Crippen LogP contribution in [0.25, 0.3) is 0 Å². The number of carbonyl (C=O) groups is 4. The molecule has 0 radical (unpaired) electrons. The average Bonchev–Trinajstić information content (AvgIpc) is 3.17. The number of carbonyl (C=O) groups excluding carboxylic acids is 4. The standard InChI is InChI=1S/C26H34N2O10S/c1-14(29)33-13-19-20(34-15(2)30)21(35-16(3)31)22(36-17(4)32)24(37-19)27-23(18-11-9-8-10-12-18)28(26(5,6)7)38-25(27)39/h8-12,19-24H,13H2,1-7H3/t19-,20-,21+,22-,23?,24-/m1/s1. The van der Waals surface area contributed by atoms with Crippen LogP contribution in [0.3, 0.4) is 0 Å². The van der Waals surface area contributed by atoms with Gasteiger partial charge in [-0.1, -0.05) is 30.3 Å². The van der Waals surface area contributed by atoms with Crippen molar-refractivity contribution < 1.29 is 47.7 Å². The van der Waals surface area contributed by atoms with Gasteiger partial charge in [-0.15, -0.1) is 5.06 Å². The number of hydrogen-bond acceptors (Lipinski definition) is 12. The topological polar surface area (TPSA) is 130 Å². The Labute approximate surface area is 232 Å². The molecule has 39 heavy (non-hydrogen) atoms. The number of nitrogens with zero attached hydrogens (tertiary/aromatic N) is 2. The van der Waals surface area contributed by atoms with Gasteiger partial charge in [0.2, 0.25) is 0 Å². The van der Waals surface area contributed by atoms with Crippen molar-refractivity contribution in [1.29, 1.82) is 0 Å². The van der Waals surface area contributed by atoms with Crippen LogP contribution < -0.4 is 0 Å². The van der Waals surface area contributed by atoms with Gasteiger partial charge in [-0.05, 0) is 38.6 Å². The van der Waals surface area contributed by atoms with Crippen LogP contribution in [0, 0.1) is 0 Å². The smallest absolute Gasteiger partial charge is 0.303 e. The Morgan fingerprint density at radius 3 is 1.90 bits per heavy atom. The Kier molecular flexibility index (Phi) is 9.51. The molecular weight excluding hydrogens is 532 g/mol. The van der Waals surface area contributed by atoms with E-state index in [1.807, 2.05) is 51.1 Å². The molecule has 0 aromatic heterocycles. The van der Waals surface area contributed by atoms with Crippen molar-refractivity contribution in [2.75, 3.05) is 6.61 Å². The van der Waals surface area contributed by atoms with Gasteiger partial charge < -0.3 is 28.5 Å². The van der Waals surface area contributed by atoms with Gasteiger partial charge in [0, 0.05) is 27.7 Å². The molecule has 0 spiro atoms. The zero-order chi connectivity index (χ0) is 29.1. The molecule has 2 heterocycles. The predicted molar refractivity (Wildman–Crippen MR) is 138 cm³/mol. The Bertz CT molecular complexity index is 1090. The van der Waals surface area contributed by atoms with Crippen molar-refractivity contribution in [1.82, 2.24) is 9.96 Å². The van der Waals surface area contributed by atoms with Crippen LogP contribution in [0.4, 0.5) is 0 Å². The summed E-state index contributed by atoms with van der Waals surface area (Å²) in [5.41, 5.74) is 0.220. The second-order valence-electron chi connectivity index (χ2n) is 10.1. The lowest BCUT2D eigenvalue weighted by Crippen LogP contribution is -2.66. The lowest BCUT2D eigenvalue weighted by molar-refractivity contribution is -0.278. The van der Waals surface area contributed by atoms with E-state index >= 15 is 0 Å². The summed E-state index contributed by atoms with van der Waals surface area (Å²) in [4.78, 5) is 55.8. The first-order valence-corrected chi connectivity index (χ1v) is 12.8. The van der Waals surface area contributed by atoms with E-state index in [0.29, 0.717) is 0 Å². The van der Waals surface area contributed by atoms with Crippen molar-refractivity contribution in [2.24, 2.45) is 0 Å². The van der Waals surface area contributed by atoms with Crippen LogP contribution in [0.1, 0.15) is 60.2 Å². The minimum Gasteiger partial charge on any atom is -0.463 e. The van der Waals surface area contributed by atoms with Crippen molar-refractivity contribution in [3.05, 3.63) is 35.9 Å². The molecule has 0 N–H and O–H groups in total. The number of thiocarbonyl (C=S) groups is 1. The van der Waals surface area contributed by atoms with Gasteiger partial charge in [-0.25, -0.2) is 0 Å². The highest BCUT2D eigenvalue weighted by Gasteiger charge is 2.58. The van der Waals surface area contributed by atoms with Crippen LogP contribution >= 0.6 is 12.2 Å².